The molecule has 3 rings (SSSR count). The number of anilines is 1. The number of nitrogens with one attached hydrogen (secondary N) is 1. The molecule has 0 amide bonds. The molecule has 0 saturated heterocycles. The molecule has 3 aromatic rings. The van der Waals surface area contributed by atoms with Crippen molar-refractivity contribution >= 4 is 16.6 Å². The van der Waals surface area contributed by atoms with Crippen molar-refractivity contribution in [3.63, 3.8) is 0 Å². The van der Waals surface area contributed by atoms with Crippen LogP contribution in [0.3, 0.4) is 0 Å². The quantitative estimate of drug-likeness (QED) is 0.776. The maximum absolute atomic E-state index is 9.39. The Labute approximate surface area is 140 Å². The third-order valence-corrected chi connectivity index (χ3v) is 3.83. The molecule has 0 spiro atoms. The van der Waals surface area contributed by atoms with Crippen LogP contribution in [0.1, 0.15) is 11.1 Å². The maximum Gasteiger partial charge on any atom is 0.127 e. The van der Waals surface area contributed by atoms with E-state index in [4.69, 9.17) is 9.47 Å². The Hall–Kier alpha value is -3.26. The summed E-state index contributed by atoms with van der Waals surface area (Å²) in [5.41, 5.74) is 3.16. The zero-order chi connectivity index (χ0) is 16.9. The summed E-state index contributed by atoms with van der Waals surface area (Å²) in [7, 11) is 3.24. The Morgan fingerprint density at radius 2 is 2.00 bits per heavy atom. The van der Waals surface area contributed by atoms with Crippen molar-refractivity contribution in [2.75, 3.05) is 19.5 Å². The smallest absolute Gasteiger partial charge is 0.127 e. The number of hydrogen-bond acceptors (Lipinski definition) is 5. The molecule has 1 heterocycles. The predicted octanol–water partition coefficient (Wildman–Crippen LogP) is 3.74. The summed E-state index contributed by atoms with van der Waals surface area (Å²) in [5, 5.41) is 13.6. The van der Waals surface area contributed by atoms with Crippen LogP contribution in [0.4, 0.5) is 5.69 Å². The highest BCUT2D eigenvalue weighted by molar-refractivity contribution is 5.85. The fraction of sp³-hybridized carbons (Fsp3) is 0.158. The minimum Gasteiger partial charge on any atom is -0.497 e. The van der Waals surface area contributed by atoms with Crippen LogP contribution < -0.4 is 14.8 Å². The number of nitrogens with zero attached hydrogens (tertiary/aromatic N) is 2. The van der Waals surface area contributed by atoms with E-state index in [0.29, 0.717) is 12.1 Å². The van der Waals surface area contributed by atoms with Crippen molar-refractivity contribution in [1.82, 2.24) is 4.98 Å². The van der Waals surface area contributed by atoms with Crippen LogP contribution in [-0.4, -0.2) is 19.2 Å². The molecule has 0 fully saturated rings. The number of ether oxygens (including phenoxy) is 2. The number of pyridine rings is 1. The van der Waals surface area contributed by atoms with E-state index in [-0.39, 0.29) is 0 Å². The molecule has 0 aliphatic carbocycles. The van der Waals surface area contributed by atoms with Crippen molar-refractivity contribution in [3.8, 4) is 17.6 Å². The first-order chi connectivity index (χ1) is 11.7. The van der Waals surface area contributed by atoms with Gasteiger partial charge in [-0.05, 0) is 30.3 Å². The summed E-state index contributed by atoms with van der Waals surface area (Å²) >= 11 is 0. The second-order valence-electron chi connectivity index (χ2n) is 5.24. The van der Waals surface area contributed by atoms with Gasteiger partial charge in [-0.15, -0.1) is 0 Å². The van der Waals surface area contributed by atoms with Gasteiger partial charge in [0, 0.05) is 29.8 Å². The van der Waals surface area contributed by atoms with E-state index in [0.717, 1.165) is 33.7 Å². The van der Waals surface area contributed by atoms with Crippen molar-refractivity contribution < 1.29 is 9.47 Å². The molecule has 1 aromatic heterocycles. The van der Waals surface area contributed by atoms with Gasteiger partial charge < -0.3 is 14.8 Å². The van der Waals surface area contributed by atoms with E-state index in [1.807, 2.05) is 42.5 Å². The van der Waals surface area contributed by atoms with Gasteiger partial charge in [0.15, 0.2) is 0 Å². The Kier molecular flexibility index (Phi) is 4.48. The lowest BCUT2D eigenvalue weighted by atomic mass is 10.1. The normalized spacial score (nSPS) is 10.2. The van der Waals surface area contributed by atoms with E-state index in [1.54, 1.807) is 20.4 Å². The van der Waals surface area contributed by atoms with Crippen LogP contribution in [-0.2, 0) is 6.54 Å². The maximum atomic E-state index is 9.39. The standard InChI is InChI=1S/C19H17N3O2/c1-23-16-6-5-14(19(9-16)24-2)12-22-18-10-17-13(4-3-7-21-17)8-15(18)11-20/h3-10,22H,12H2,1-2H3. The third-order valence-electron chi connectivity index (χ3n) is 3.83. The molecule has 0 radical (unpaired) electrons. The third kappa shape index (κ3) is 3.08. The van der Waals surface area contributed by atoms with Crippen LogP contribution in [0.15, 0.2) is 48.7 Å². The summed E-state index contributed by atoms with van der Waals surface area (Å²) in [6.45, 7) is 0.528. The second kappa shape index (κ2) is 6.88. The number of aromatic nitrogens is 1. The molecule has 1 N–H and O–H groups in total. The first-order valence-electron chi connectivity index (χ1n) is 7.49. The monoisotopic (exact) mass is 319 g/mol. The SMILES string of the molecule is COc1ccc(CNc2cc3ncccc3cc2C#N)c(OC)c1. The molecule has 0 bridgehead atoms. The van der Waals surface area contributed by atoms with Gasteiger partial charge in [-0.1, -0.05) is 6.07 Å². The second-order valence-corrected chi connectivity index (χ2v) is 5.24. The first kappa shape index (κ1) is 15.6. The Balaban J connectivity index is 1.89. The minimum absolute atomic E-state index is 0.528. The van der Waals surface area contributed by atoms with Gasteiger partial charge in [-0.25, -0.2) is 0 Å². The predicted molar refractivity (Wildman–Crippen MR) is 93.3 cm³/mol. The zero-order valence-corrected chi connectivity index (χ0v) is 13.5. The van der Waals surface area contributed by atoms with E-state index in [2.05, 4.69) is 16.4 Å². The molecule has 5 heteroatoms. The number of fused-ring (bicyclic) bond motifs is 1. The topological polar surface area (TPSA) is 67.2 Å². The molecule has 0 saturated carbocycles. The Morgan fingerprint density at radius 1 is 1.12 bits per heavy atom. The lowest BCUT2D eigenvalue weighted by molar-refractivity contribution is 0.391. The zero-order valence-electron chi connectivity index (χ0n) is 13.5. The van der Waals surface area contributed by atoms with Crippen LogP contribution in [0.5, 0.6) is 11.5 Å². The van der Waals surface area contributed by atoms with Gasteiger partial charge in [-0.2, -0.15) is 5.26 Å². The molecular formula is C19H17N3O2. The first-order valence-corrected chi connectivity index (χ1v) is 7.49. The molecule has 0 unspecified atom stereocenters. The highest BCUT2D eigenvalue weighted by Crippen LogP contribution is 2.27. The number of methoxy groups -OCH3 is 2. The van der Waals surface area contributed by atoms with Gasteiger partial charge in [0.25, 0.3) is 0 Å². The number of benzene rings is 2. The van der Waals surface area contributed by atoms with Crippen molar-refractivity contribution in [3.05, 3.63) is 59.8 Å². The van der Waals surface area contributed by atoms with Crippen molar-refractivity contribution in [2.45, 2.75) is 6.54 Å². The van der Waals surface area contributed by atoms with Crippen LogP contribution in [0.2, 0.25) is 0 Å². The summed E-state index contributed by atoms with van der Waals surface area (Å²) in [6, 6.07) is 15.4. The molecule has 120 valence electrons. The fourth-order valence-electron chi connectivity index (χ4n) is 2.55. The molecule has 5 nitrogen and oxygen atoms in total. The van der Waals surface area contributed by atoms with Crippen LogP contribution >= 0.6 is 0 Å². The number of hydrogen-bond donors (Lipinski definition) is 1. The molecular weight excluding hydrogens is 302 g/mol. The van der Waals surface area contributed by atoms with E-state index in [1.165, 1.54) is 0 Å². The molecule has 0 aliphatic heterocycles. The average Bonchev–Trinajstić information content (AvgIpc) is 2.65. The van der Waals surface area contributed by atoms with E-state index in [9.17, 15) is 5.26 Å². The minimum atomic E-state index is 0.528. The van der Waals surface area contributed by atoms with Gasteiger partial charge in [0.2, 0.25) is 0 Å². The van der Waals surface area contributed by atoms with E-state index < -0.39 is 0 Å². The number of nitriles is 1. The summed E-state index contributed by atoms with van der Waals surface area (Å²) in [6.07, 6.45) is 1.74. The van der Waals surface area contributed by atoms with Gasteiger partial charge in [-0.3, -0.25) is 4.98 Å². The highest BCUT2D eigenvalue weighted by atomic mass is 16.5. The molecule has 24 heavy (non-hydrogen) atoms. The van der Waals surface area contributed by atoms with Gasteiger partial charge in [0.05, 0.1) is 31.0 Å². The van der Waals surface area contributed by atoms with E-state index >= 15 is 0 Å². The summed E-state index contributed by atoms with van der Waals surface area (Å²) in [4.78, 5) is 4.34. The molecule has 0 aliphatic rings. The van der Waals surface area contributed by atoms with Crippen molar-refractivity contribution in [2.24, 2.45) is 0 Å². The average molecular weight is 319 g/mol. The van der Waals surface area contributed by atoms with Gasteiger partial charge in [0.1, 0.15) is 17.6 Å². The largest absolute Gasteiger partial charge is 0.497 e. The summed E-state index contributed by atoms with van der Waals surface area (Å²) in [5.74, 6) is 1.47. The lowest BCUT2D eigenvalue weighted by Gasteiger charge is -2.13. The fourth-order valence-corrected chi connectivity index (χ4v) is 2.55. The number of rotatable bonds is 5. The summed E-state index contributed by atoms with van der Waals surface area (Å²) < 4.78 is 10.6. The molecule has 2 aromatic carbocycles. The Morgan fingerprint density at radius 3 is 2.75 bits per heavy atom. The van der Waals surface area contributed by atoms with Crippen molar-refractivity contribution in [1.29, 1.82) is 5.26 Å². The Bertz CT molecular complexity index is 916. The van der Waals surface area contributed by atoms with Crippen LogP contribution in [0, 0.1) is 11.3 Å². The van der Waals surface area contributed by atoms with Gasteiger partial charge >= 0.3 is 0 Å². The highest BCUT2D eigenvalue weighted by Gasteiger charge is 2.08. The van der Waals surface area contributed by atoms with Crippen LogP contribution in [0.25, 0.3) is 10.9 Å². The molecule has 0 atom stereocenters. The lowest BCUT2D eigenvalue weighted by Crippen LogP contribution is -2.04.